The smallest absolute Gasteiger partial charge is 0.193 e. The third-order valence-corrected chi connectivity index (χ3v) is 3.32. The number of guanidine groups is 1. The molecule has 23 heavy (non-hydrogen) atoms. The highest BCUT2D eigenvalue weighted by atomic mass is 127. The molecule has 0 saturated heterocycles. The van der Waals surface area contributed by atoms with Crippen LogP contribution in [0, 0.1) is 0 Å². The van der Waals surface area contributed by atoms with Crippen LogP contribution < -0.4 is 10.1 Å². The van der Waals surface area contributed by atoms with Crippen LogP contribution in [0.5, 0.6) is 5.75 Å². The second-order valence-corrected chi connectivity index (χ2v) is 5.14. The Hall–Kier alpha value is -1.02. The number of hydrogen-bond acceptors (Lipinski definition) is 3. The van der Waals surface area contributed by atoms with Gasteiger partial charge in [-0.15, -0.1) is 24.0 Å². The first-order chi connectivity index (χ1) is 10.7. The van der Waals surface area contributed by atoms with E-state index in [9.17, 15) is 0 Å². The van der Waals surface area contributed by atoms with Crippen LogP contribution in [-0.4, -0.2) is 51.8 Å². The summed E-state index contributed by atoms with van der Waals surface area (Å²) in [5.41, 5.74) is 1.21. The summed E-state index contributed by atoms with van der Waals surface area (Å²) in [6, 6.07) is 8.08. The van der Waals surface area contributed by atoms with Crippen LogP contribution in [0.3, 0.4) is 0 Å². The second-order valence-electron chi connectivity index (χ2n) is 5.14. The molecular weight excluding hydrogens is 405 g/mol. The number of unbranched alkanes of at least 4 members (excludes halogenated alkanes) is 1. The van der Waals surface area contributed by atoms with Gasteiger partial charge in [-0.2, -0.15) is 0 Å². The average Bonchev–Trinajstić information content (AvgIpc) is 2.55. The molecule has 6 heteroatoms. The Kier molecular flexibility index (Phi) is 12.8. The Morgan fingerprint density at radius 3 is 2.48 bits per heavy atom. The van der Waals surface area contributed by atoms with Gasteiger partial charge in [0.25, 0.3) is 0 Å². The van der Waals surface area contributed by atoms with Crippen LogP contribution in [0.1, 0.15) is 25.3 Å². The summed E-state index contributed by atoms with van der Waals surface area (Å²) in [7, 11) is 5.50. The second kappa shape index (κ2) is 13.4. The van der Waals surface area contributed by atoms with Gasteiger partial charge in [0.2, 0.25) is 0 Å². The predicted octanol–water partition coefficient (Wildman–Crippen LogP) is 3.14. The fraction of sp³-hybridized carbons (Fsp3) is 0.588. The van der Waals surface area contributed by atoms with Crippen LogP contribution >= 0.6 is 24.0 Å². The maximum absolute atomic E-state index is 5.54. The van der Waals surface area contributed by atoms with Gasteiger partial charge in [0.15, 0.2) is 5.96 Å². The number of benzene rings is 1. The lowest BCUT2D eigenvalue weighted by Gasteiger charge is -2.22. The van der Waals surface area contributed by atoms with Crippen LogP contribution in [0.15, 0.2) is 29.3 Å². The molecule has 0 saturated carbocycles. The first-order valence-corrected chi connectivity index (χ1v) is 7.83. The van der Waals surface area contributed by atoms with E-state index in [4.69, 9.17) is 9.47 Å². The van der Waals surface area contributed by atoms with Crippen LogP contribution in [0.25, 0.3) is 0 Å². The van der Waals surface area contributed by atoms with Crippen LogP contribution in [0.4, 0.5) is 0 Å². The van der Waals surface area contributed by atoms with E-state index in [2.05, 4.69) is 34.3 Å². The minimum atomic E-state index is 0. The van der Waals surface area contributed by atoms with E-state index in [0.717, 1.165) is 37.8 Å². The Bertz CT molecular complexity index is 438. The molecule has 0 aliphatic carbocycles. The van der Waals surface area contributed by atoms with E-state index in [1.54, 1.807) is 14.2 Å². The quantitative estimate of drug-likeness (QED) is 0.280. The first kappa shape index (κ1) is 22.0. The predicted molar refractivity (Wildman–Crippen MR) is 107 cm³/mol. The van der Waals surface area contributed by atoms with E-state index in [1.807, 2.05) is 19.2 Å². The standard InChI is InChI=1S/C17H29N3O2.HI/c1-5-6-12-22-13-11-19-17(18-2)20(3)14-15-7-9-16(21-4)10-8-15;/h7-10H,5-6,11-14H2,1-4H3,(H,18,19);1H. The Balaban J connectivity index is 0.00000484. The summed E-state index contributed by atoms with van der Waals surface area (Å²) in [6.07, 6.45) is 2.28. The summed E-state index contributed by atoms with van der Waals surface area (Å²) in [5, 5.41) is 3.32. The maximum atomic E-state index is 5.54. The molecule has 0 aromatic heterocycles. The van der Waals surface area contributed by atoms with Crippen LogP contribution in [0.2, 0.25) is 0 Å². The lowest BCUT2D eigenvalue weighted by atomic mass is 10.2. The molecule has 1 aromatic carbocycles. The van der Waals surface area contributed by atoms with Crippen molar-refractivity contribution in [3.8, 4) is 5.75 Å². The third kappa shape index (κ3) is 9.00. The molecule has 0 unspecified atom stereocenters. The van der Waals surface area contributed by atoms with Crippen molar-refractivity contribution in [3.63, 3.8) is 0 Å². The van der Waals surface area contributed by atoms with Gasteiger partial charge in [-0.3, -0.25) is 4.99 Å². The van der Waals surface area contributed by atoms with Crippen LogP contribution in [-0.2, 0) is 11.3 Å². The molecule has 0 atom stereocenters. The number of methoxy groups -OCH3 is 1. The van der Waals surface area contributed by atoms with E-state index >= 15 is 0 Å². The largest absolute Gasteiger partial charge is 0.497 e. The molecule has 0 aliphatic rings. The number of rotatable bonds is 9. The SMILES string of the molecule is CCCCOCCNC(=NC)N(C)Cc1ccc(OC)cc1.I. The molecule has 0 fully saturated rings. The Labute approximate surface area is 157 Å². The minimum Gasteiger partial charge on any atom is -0.497 e. The van der Waals surface area contributed by atoms with Gasteiger partial charge in [0.05, 0.1) is 13.7 Å². The summed E-state index contributed by atoms with van der Waals surface area (Å²) in [6.45, 7) is 5.26. The highest BCUT2D eigenvalue weighted by molar-refractivity contribution is 14.0. The highest BCUT2D eigenvalue weighted by Gasteiger charge is 2.06. The van der Waals surface area contributed by atoms with Gasteiger partial charge < -0.3 is 19.7 Å². The number of hydrogen-bond donors (Lipinski definition) is 1. The first-order valence-electron chi connectivity index (χ1n) is 7.83. The number of nitrogens with zero attached hydrogens (tertiary/aromatic N) is 2. The van der Waals surface area contributed by atoms with Gasteiger partial charge in [0, 0.05) is 33.8 Å². The van der Waals surface area contributed by atoms with E-state index < -0.39 is 0 Å². The Morgan fingerprint density at radius 2 is 1.91 bits per heavy atom. The fourth-order valence-corrected chi connectivity index (χ4v) is 2.05. The molecule has 0 heterocycles. The number of ether oxygens (including phenoxy) is 2. The molecule has 1 N–H and O–H groups in total. The van der Waals surface area contributed by atoms with Crippen molar-refractivity contribution < 1.29 is 9.47 Å². The molecule has 0 amide bonds. The highest BCUT2D eigenvalue weighted by Crippen LogP contribution is 2.12. The van der Waals surface area contributed by atoms with Gasteiger partial charge >= 0.3 is 0 Å². The lowest BCUT2D eigenvalue weighted by Crippen LogP contribution is -2.39. The van der Waals surface area contributed by atoms with E-state index in [-0.39, 0.29) is 24.0 Å². The molecule has 0 spiro atoms. The summed E-state index contributed by atoms with van der Waals surface area (Å²) < 4.78 is 10.7. The third-order valence-electron chi connectivity index (χ3n) is 3.32. The van der Waals surface area contributed by atoms with Gasteiger partial charge in [-0.25, -0.2) is 0 Å². The summed E-state index contributed by atoms with van der Waals surface area (Å²) >= 11 is 0. The zero-order valence-corrected chi connectivity index (χ0v) is 17.0. The van der Waals surface area contributed by atoms with Gasteiger partial charge in [0.1, 0.15) is 5.75 Å². The van der Waals surface area contributed by atoms with Crippen molar-refractivity contribution in [1.82, 2.24) is 10.2 Å². The van der Waals surface area contributed by atoms with Gasteiger partial charge in [-0.1, -0.05) is 25.5 Å². The molecule has 0 aliphatic heterocycles. The molecule has 0 bridgehead atoms. The monoisotopic (exact) mass is 435 g/mol. The van der Waals surface area contributed by atoms with Crippen molar-refractivity contribution in [1.29, 1.82) is 0 Å². The lowest BCUT2D eigenvalue weighted by molar-refractivity contribution is 0.135. The Morgan fingerprint density at radius 1 is 1.22 bits per heavy atom. The molecular formula is C17H30IN3O2. The topological polar surface area (TPSA) is 46.1 Å². The van der Waals surface area contributed by atoms with Crippen molar-refractivity contribution in [3.05, 3.63) is 29.8 Å². The molecule has 5 nitrogen and oxygen atoms in total. The zero-order valence-electron chi connectivity index (χ0n) is 14.7. The number of nitrogens with one attached hydrogen (secondary N) is 1. The molecule has 1 aromatic rings. The zero-order chi connectivity index (χ0) is 16.2. The average molecular weight is 435 g/mol. The van der Waals surface area contributed by atoms with E-state index in [0.29, 0.717) is 6.61 Å². The van der Waals surface area contributed by atoms with Gasteiger partial charge in [-0.05, 0) is 24.1 Å². The minimum absolute atomic E-state index is 0. The summed E-state index contributed by atoms with van der Waals surface area (Å²) in [4.78, 5) is 6.39. The number of halogens is 1. The summed E-state index contributed by atoms with van der Waals surface area (Å²) in [5.74, 6) is 1.74. The van der Waals surface area contributed by atoms with Crippen molar-refractivity contribution in [2.24, 2.45) is 4.99 Å². The van der Waals surface area contributed by atoms with Crippen molar-refractivity contribution in [2.75, 3.05) is 41.0 Å². The molecule has 132 valence electrons. The normalized spacial score (nSPS) is 10.9. The maximum Gasteiger partial charge on any atom is 0.193 e. The molecule has 0 radical (unpaired) electrons. The van der Waals surface area contributed by atoms with E-state index in [1.165, 1.54) is 12.0 Å². The number of aliphatic imine (C=N–C) groups is 1. The fourth-order valence-electron chi connectivity index (χ4n) is 2.05. The molecule has 1 rings (SSSR count). The van der Waals surface area contributed by atoms with Crippen molar-refractivity contribution >= 4 is 29.9 Å². The van der Waals surface area contributed by atoms with Crippen molar-refractivity contribution in [2.45, 2.75) is 26.3 Å².